The molecule has 0 aliphatic heterocycles. The molecule has 0 amide bonds. The third-order valence-electron chi connectivity index (χ3n) is 4.72. The Morgan fingerprint density at radius 2 is 1.94 bits per heavy atom. The van der Waals surface area contributed by atoms with E-state index in [1.165, 1.54) is 39.8 Å². The molecule has 9 heteroatoms. The number of methoxy groups -OCH3 is 1. The summed E-state index contributed by atoms with van der Waals surface area (Å²) in [6, 6.07) is 15.1. The first kappa shape index (κ1) is 21.8. The lowest BCUT2D eigenvalue weighted by molar-refractivity contribution is -0.116. The van der Waals surface area contributed by atoms with Crippen molar-refractivity contribution in [2.24, 2.45) is 0 Å². The first-order valence-electron chi connectivity index (χ1n) is 9.57. The maximum Gasteiger partial charge on any atom is 0.335 e. The van der Waals surface area contributed by atoms with Gasteiger partial charge in [0, 0.05) is 6.42 Å². The van der Waals surface area contributed by atoms with E-state index in [1.54, 1.807) is 30.7 Å². The molecule has 0 spiro atoms. The Labute approximate surface area is 191 Å². The fraction of sp³-hybridized carbons (Fsp3) is 0.130. The summed E-state index contributed by atoms with van der Waals surface area (Å²) in [4.78, 5) is 41.5. The first-order chi connectivity index (χ1) is 15.5. The van der Waals surface area contributed by atoms with Gasteiger partial charge in [0.1, 0.15) is 16.2 Å². The van der Waals surface area contributed by atoms with Crippen LogP contribution in [0.2, 0.25) is 0 Å². The highest BCUT2D eigenvalue weighted by atomic mass is 32.2. The minimum absolute atomic E-state index is 0.0179. The van der Waals surface area contributed by atoms with Gasteiger partial charge < -0.3 is 9.84 Å². The molecule has 0 saturated heterocycles. The molecular formula is C23H18N2O5S2. The lowest BCUT2D eigenvalue weighted by Crippen LogP contribution is -2.21. The summed E-state index contributed by atoms with van der Waals surface area (Å²) in [5.74, 6) is -0.248. The number of carbonyl (C=O) groups is 2. The Kier molecular flexibility index (Phi) is 6.38. The number of benzene rings is 2. The Balaban J connectivity index is 1.62. The molecule has 2 aromatic carbocycles. The van der Waals surface area contributed by atoms with Gasteiger partial charge >= 0.3 is 5.97 Å². The van der Waals surface area contributed by atoms with Gasteiger partial charge in [0.15, 0.2) is 5.16 Å². The van der Waals surface area contributed by atoms with Gasteiger partial charge in [-0.1, -0.05) is 23.9 Å². The topological polar surface area (TPSA) is 98.5 Å². The second-order valence-electron chi connectivity index (χ2n) is 6.88. The van der Waals surface area contributed by atoms with Crippen molar-refractivity contribution in [3.8, 4) is 11.4 Å². The van der Waals surface area contributed by atoms with Crippen molar-refractivity contribution < 1.29 is 19.4 Å². The SMILES string of the molecule is COc1cccc(CC(=O)CSc2nc3ccsc3c(=O)n2-c2ccc(C(=O)O)cc2)c1. The summed E-state index contributed by atoms with van der Waals surface area (Å²) < 4.78 is 7.12. The third-order valence-corrected chi connectivity index (χ3v) is 6.61. The third kappa shape index (κ3) is 4.58. The summed E-state index contributed by atoms with van der Waals surface area (Å²) in [5.41, 5.74) is 1.77. The molecule has 7 nitrogen and oxygen atoms in total. The Morgan fingerprint density at radius 1 is 1.16 bits per heavy atom. The standard InChI is InChI=1S/C23H18N2O5S2/c1-30-18-4-2-3-14(12-18)11-17(26)13-32-23-24-19-9-10-31-20(19)21(27)25(23)16-7-5-15(6-8-16)22(28)29/h2-10,12H,11,13H2,1H3,(H,28,29). The van der Waals surface area contributed by atoms with E-state index in [2.05, 4.69) is 4.98 Å². The van der Waals surface area contributed by atoms with Crippen LogP contribution in [0.5, 0.6) is 5.75 Å². The van der Waals surface area contributed by atoms with Crippen LogP contribution in [-0.4, -0.2) is 39.3 Å². The van der Waals surface area contributed by atoms with Gasteiger partial charge in [-0.05, 0) is 53.4 Å². The van der Waals surface area contributed by atoms with Crippen LogP contribution in [0.4, 0.5) is 0 Å². The van der Waals surface area contributed by atoms with E-state index in [4.69, 9.17) is 9.84 Å². The van der Waals surface area contributed by atoms with Gasteiger partial charge in [-0.3, -0.25) is 14.2 Å². The number of rotatable bonds is 8. The number of aromatic nitrogens is 2. The zero-order valence-corrected chi connectivity index (χ0v) is 18.6. The highest BCUT2D eigenvalue weighted by Gasteiger charge is 2.16. The molecule has 0 unspecified atom stereocenters. The summed E-state index contributed by atoms with van der Waals surface area (Å²) in [5, 5.41) is 11.3. The molecule has 0 aliphatic carbocycles. The normalized spacial score (nSPS) is 10.9. The van der Waals surface area contributed by atoms with Crippen LogP contribution >= 0.6 is 23.1 Å². The van der Waals surface area contributed by atoms with Crippen molar-refractivity contribution in [1.82, 2.24) is 9.55 Å². The van der Waals surface area contributed by atoms with Crippen LogP contribution in [0.1, 0.15) is 15.9 Å². The zero-order valence-electron chi connectivity index (χ0n) is 17.0. The van der Waals surface area contributed by atoms with Crippen LogP contribution in [0.25, 0.3) is 15.9 Å². The number of thiophene rings is 1. The second-order valence-corrected chi connectivity index (χ2v) is 8.74. The molecule has 0 fully saturated rings. The van der Waals surface area contributed by atoms with Gasteiger partial charge in [-0.25, -0.2) is 9.78 Å². The quantitative estimate of drug-likeness (QED) is 0.309. The van der Waals surface area contributed by atoms with Crippen molar-refractivity contribution in [3.05, 3.63) is 81.5 Å². The van der Waals surface area contributed by atoms with Gasteiger partial charge in [0.2, 0.25) is 0 Å². The first-order valence-corrected chi connectivity index (χ1v) is 11.4. The van der Waals surface area contributed by atoms with Crippen molar-refractivity contribution >= 4 is 45.1 Å². The van der Waals surface area contributed by atoms with Crippen LogP contribution in [0.3, 0.4) is 0 Å². The fourth-order valence-corrected chi connectivity index (χ4v) is 4.81. The molecule has 2 heterocycles. The van der Waals surface area contributed by atoms with Gasteiger partial charge in [-0.15, -0.1) is 11.3 Å². The van der Waals surface area contributed by atoms with Crippen LogP contribution in [0, 0.1) is 0 Å². The zero-order chi connectivity index (χ0) is 22.7. The highest BCUT2D eigenvalue weighted by Crippen LogP contribution is 2.24. The molecule has 0 saturated carbocycles. The number of fused-ring (bicyclic) bond motifs is 1. The van der Waals surface area contributed by atoms with E-state index in [-0.39, 0.29) is 29.1 Å². The molecule has 0 radical (unpaired) electrons. The van der Waals surface area contributed by atoms with Gasteiger partial charge in [-0.2, -0.15) is 0 Å². The van der Waals surface area contributed by atoms with E-state index in [0.29, 0.717) is 26.8 Å². The fourth-order valence-electron chi connectivity index (χ4n) is 3.18. The number of Topliss-reactive ketones (excluding diaryl/α,β-unsaturated/α-hetero) is 1. The van der Waals surface area contributed by atoms with Gasteiger partial charge in [0.05, 0.1) is 29.6 Å². The minimum Gasteiger partial charge on any atom is -0.497 e. The average molecular weight is 467 g/mol. The number of hydrogen-bond donors (Lipinski definition) is 1. The molecule has 0 bridgehead atoms. The van der Waals surface area contributed by atoms with Crippen molar-refractivity contribution in [2.75, 3.05) is 12.9 Å². The van der Waals surface area contributed by atoms with Crippen molar-refractivity contribution in [3.63, 3.8) is 0 Å². The summed E-state index contributed by atoms with van der Waals surface area (Å²) >= 11 is 2.47. The molecule has 32 heavy (non-hydrogen) atoms. The predicted octanol–water partition coefficient (Wildman–Crippen LogP) is 4.06. The monoisotopic (exact) mass is 466 g/mol. The summed E-state index contributed by atoms with van der Waals surface area (Å²) in [7, 11) is 1.57. The number of carbonyl (C=O) groups excluding carboxylic acids is 1. The average Bonchev–Trinajstić information content (AvgIpc) is 3.27. The Bertz CT molecular complexity index is 1360. The van der Waals surface area contributed by atoms with Crippen molar-refractivity contribution in [1.29, 1.82) is 0 Å². The largest absolute Gasteiger partial charge is 0.497 e. The number of hydrogen-bond acceptors (Lipinski definition) is 7. The Morgan fingerprint density at radius 3 is 2.66 bits per heavy atom. The minimum atomic E-state index is -1.05. The van der Waals surface area contributed by atoms with Crippen LogP contribution < -0.4 is 10.3 Å². The van der Waals surface area contributed by atoms with E-state index < -0.39 is 5.97 Å². The molecule has 0 atom stereocenters. The smallest absolute Gasteiger partial charge is 0.335 e. The van der Waals surface area contributed by atoms with E-state index in [0.717, 1.165) is 5.56 Å². The number of carboxylic acids is 1. The molecular weight excluding hydrogens is 448 g/mol. The van der Waals surface area contributed by atoms with Crippen molar-refractivity contribution in [2.45, 2.75) is 11.6 Å². The summed E-state index contributed by atoms with van der Waals surface area (Å²) in [6.07, 6.45) is 0.239. The Hall–Kier alpha value is -3.43. The number of nitrogens with zero attached hydrogens (tertiary/aromatic N) is 2. The van der Waals surface area contributed by atoms with E-state index >= 15 is 0 Å². The second kappa shape index (κ2) is 9.37. The number of thioether (sulfide) groups is 1. The maximum atomic E-state index is 13.1. The number of carboxylic acid groups (broad SMARTS) is 1. The van der Waals surface area contributed by atoms with E-state index in [1.807, 2.05) is 24.3 Å². The number of ketones is 1. The molecule has 2 aromatic heterocycles. The number of aromatic carboxylic acids is 1. The maximum absolute atomic E-state index is 13.1. The highest BCUT2D eigenvalue weighted by molar-refractivity contribution is 7.99. The number of ether oxygens (including phenoxy) is 1. The molecule has 0 aliphatic rings. The molecule has 4 rings (SSSR count). The lowest BCUT2D eigenvalue weighted by atomic mass is 10.1. The summed E-state index contributed by atoms with van der Waals surface area (Å²) in [6.45, 7) is 0. The molecule has 4 aromatic rings. The predicted molar refractivity (Wildman–Crippen MR) is 125 cm³/mol. The van der Waals surface area contributed by atoms with Gasteiger partial charge in [0.25, 0.3) is 5.56 Å². The van der Waals surface area contributed by atoms with Crippen LogP contribution in [-0.2, 0) is 11.2 Å². The lowest BCUT2D eigenvalue weighted by Gasteiger charge is -2.12. The van der Waals surface area contributed by atoms with E-state index in [9.17, 15) is 14.4 Å². The molecule has 1 N–H and O–H groups in total. The van der Waals surface area contributed by atoms with Crippen LogP contribution in [0.15, 0.2) is 69.9 Å². The molecule has 162 valence electrons.